The Morgan fingerprint density at radius 1 is 0.900 bits per heavy atom. The molecule has 0 aliphatic rings. The Hall–Kier alpha value is -2.95. The number of benzene rings is 3. The molecular formula is C15H9NO4. The molecule has 20 heavy (non-hydrogen) atoms. The first kappa shape index (κ1) is 12.1. The van der Waals surface area contributed by atoms with Gasteiger partial charge in [-0.05, 0) is 27.6 Å². The number of nitrogens with zero attached hydrogens (tertiary/aromatic N) is 1. The van der Waals surface area contributed by atoms with Crippen LogP contribution in [0.3, 0.4) is 0 Å². The third-order valence-electron chi connectivity index (χ3n) is 3.16. The quantitative estimate of drug-likeness (QED) is 0.405. The van der Waals surface area contributed by atoms with Crippen LogP contribution in [-0.2, 0) is 4.84 Å². The Bertz CT molecular complexity index is 842. The SMILES string of the molecule is O=C(O[N+](=O)[O-])c1cccc2c1ccc1ccccc12. The number of fused-ring (bicyclic) bond motifs is 3. The van der Waals surface area contributed by atoms with Crippen molar-refractivity contribution in [2.24, 2.45) is 0 Å². The Kier molecular flexibility index (Phi) is 2.80. The number of rotatable bonds is 2. The zero-order valence-corrected chi connectivity index (χ0v) is 10.3. The number of carbonyl (C=O) groups excluding carboxylic acids is 1. The molecule has 0 N–H and O–H groups in total. The molecule has 0 atom stereocenters. The van der Waals surface area contributed by atoms with E-state index in [-0.39, 0.29) is 5.56 Å². The van der Waals surface area contributed by atoms with E-state index in [1.165, 1.54) is 6.07 Å². The van der Waals surface area contributed by atoms with Gasteiger partial charge < -0.3 is 0 Å². The van der Waals surface area contributed by atoms with Crippen LogP contribution in [0, 0.1) is 10.1 Å². The van der Waals surface area contributed by atoms with Crippen LogP contribution in [0.5, 0.6) is 0 Å². The van der Waals surface area contributed by atoms with E-state index in [1.807, 2.05) is 36.4 Å². The molecule has 0 radical (unpaired) electrons. The van der Waals surface area contributed by atoms with Crippen molar-refractivity contribution < 1.29 is 14.7 Å². The van der Waals surface area contributed by atoms with E-state index < -0.39 is 11.1 Å². The second kappa shape index (κ2) is 4.62. The Labute approximate surface area is 113 Å². The van der Waals surface area contributed by atoms with E-state index in [9.17, 15) is 14.9 Å². The van der Waals surface area contributed by atoms with Crippen molar-refractivity contribution in [1.82, 2.24) is 0 Å². The summed E-state index contributed by atoms with van der Waals surface area (Å²) >= 11 is 0. The maximum Gasteiger partial charge on any atom is 0.335 e. The van der Waals surface area contributed by atoms with E-state index in [0.29, 0.717) is 5.39 Å². The van der Waals surface area contributed by atoms with Crippen molar-refractivity contribution in [2.45, 2.75) is 0 Å². The lowest BCUT2D eigenvalue weighted by atomic mass is 9.98. The van der Waals surface area contributed by atoms with Gasteiger partial charge in [0.1, 0.15) is 0 Å². The van der Waals surface area contributed by atoms with Gasteiger partial charge in [-0.1, -0.05) is 48.5 Å². The smallest absolute Gasteiger partial charge is 0.263 e. The van der Waals surface area contributed by atoms with Crippen LogP contribution in [0.1, 0.15) is 10.4 Å². The minimum atomic E-state index is -1.10. The highest BCUT2D eigenvalue weighted by Crippen LogP contribution is 2.27. The van der Waals surface area contributed by atoms with Gasteiger partial charge >= 0.3 is 11.1 Å². The molecule has 0 saturated carbocycles. The zero-order valence-electron chi connectivity index (χ0n) is 10.3. The third-order valence-corrected chi connectivity index (χ3v) is 3.16. The summed E-state index contributed by atoms with van der Waals surface area (Å²) in [6.45, 7) is 0. The summed E-state index contributed by atoms with van der Waals surface area (Å²) < 4.78 is 0. The largest absolute Gasteiger partial charge is 0.335 e. The average Bonchev–Trinajstić information content (AvgIpc) is 2.45. The van der Waals surface area contributed by atoms with Crippen LogP contribution in [-0.4, -0.2) is 11.1 Å². The molecule has 3 aromatic carbocycles. The Morgan fingerprint density at radius 3 is 2.45 bits per heavy atom. The molecular weight excluding hydrogens is 258 g/mol. The average molecular weight is 267 g/mol. The lowest BCUT2D eigenvalue weighted by Crippen LogP contribution is -2.10. The molecule has 98 valence electrons. The predicted octanol–water partition coefficient (Wildman–Crippen LogP) is 3.34. The van der Waals surface area contributed by atoms with Crippen LogP contribution >= 0.6 is 0 Å². The number of hydrogen-bond donors (Lipinski definition) is 0. The van der Waals surface area contributed by atoms with Gasteiger partial charge in [-0.2, -0.15) is 0 Å². The molecule has 5 nitrogen and oxygen atoms in total. The minimum Gasteiger partial charge on any atom is -0.263 e. The van der Waals surface area contributed by atoms with Crippen LogP contribution in [0.4, 0.5) is 0 Å². The minimum absolute atomic E-state index is 0.185. The summed E-state index contributed by atoms with van der Waals surface area (Å²) in [5.41, 5.74) is 0.185. The fourth-order valence-electron chi connectivity index (χ4n) is 2.34. The van der Waals surface area contributed by atoms with E-state index in [0.717, 1.165) is 16.2 Å². The maximum absolute atomic E-state index is 11.7. The van der Waals surface area contributed by atoms with Crippen molar-refractivity contribution in [3.8, 4) is 0 Å². The molecule has 0 amide bonds. The Balaban J connectivity index is 2.27. The normalized spacial score (nSPS) is 10.6. The fourth-order valence-corrected chi connectivity index (χ4v) is 2.34. The lowest BCUT2D eigenvalue weighted by Gasteiger charge is -2.07. The van der Waals surface area contributed by atoms with Gasteiger partial charge in [-0.3, -0.25) is 4.79 Å². The summed E-state index contributed by atoms with van der Waals surface area (Å²) in [7, 11) is 0. The van der Waals surface area contributed by atoms with Gasteiger partial charge in [0, 0.05) is 0 Å². The molecule has 0 fully saturated rings. The Morgan fingerprint density at radius 2 is 1.65 bits per heavy atom. The van der Waals surface area contributed by atoms with E-state index >= 15 is 0 Å². The molecule has 0 unspecified atom stereocenters. The van der Waals surface area contributed by atoms with Gasteiger partial charge in [-0.25, -0.2) is 4.84 Å². The number of hydrogen-bond acceptors (Lipinski definition) is 4. The van der Waals surface area contributed by atoms with E-state index in [1.54, 1.807) is 12.1 Å². The molecule has 0 aliphatic carbocycles. The van der Waals surface area contributed by atoms with Gasteiger partial charge in [-0.15, -0.1) is 10.1 Å². The van der Waals surface area contributed by atoms with Gasteiger partial charge in [0.25, 0.3) is 0 Å². The zero-order chi connectivity index (χ0) is 14.1. The van der Waals surface area contributed by atoms with E-state index in [2.05, 4.69) is 4.84 Å². The monoisotopic (exact) mass is 267 g/mol. The molecule has 0 bridgehead atoms. The highest BCUT2D eigenvalue weighted by atomic mass is 17.0. The second-order valence-electron chi connectivity index (χ2n) is 4.29. The second-order valence-corrected chi connectivity index (χ2v) is 4.29. The lowest BCUT2D eigenvalue weighted by molar-refractivity contribution is -0.727. The van der Waals surface area contributed by atoms with Crippen LogP contribution < -0.4 is 0 Å². The predicted molar refractivity (Wildman–Crippen MR) is 73.9 cm³/mol. The summed E-state index contributed by atoms with van der Waals surface area (Å²) in [6, 6.07) is 16.5. The van der Waals surface area contributed by atoms with Crippen molar-refractivity contribution in [2.75, 3.05) is 0 Å². The van der Waals surface area contributed by atoms with Crippen LogP contribution in [0.25, 0.3) is 21.5 Å². The van der Waals surface area contributed by atoms with Crippen molar-refractivity contribution in [1.29, 1.82) is 0 Å². The molecule has 3 rings (SSSR count). The van der Waals surface area contributed by atoms with Crippen molar-refractivity contribution >= 4 is 27.5 Å². The van der Waals surface area contributed by atoms with Gasteiger partial charge in [0.15, 0.2) is 0 Å². The molecule has 3 aromatic rings. The van der Waals surface area contributed by atoms with E-state index in [4.69, 9.17) is 0 Å². The highest BCUT2D eigenvalue weighted by Gasteiger charge is 2.14. The van der Waals surface area contributed by atoms with Gasteiger partial charge in [0.2, 0.25) is 0 Å². The van der Waals surface area contributed by atoms with Crippen LogP contribution in [0.2, 0.25) is 0 Å². The topological polar surface area (TPSA) is 69.4 Å². The maximum atomic E-state index is 11.7. The van der Waals surface area contributed by atoms with Crippen molar-refractivity contribution in [3.63, 3.8) is 0 Å². The van der Waals surface area contributed by atoms with Gasteiger partial charge in [0.05, 0.1) is 5.56 Å². The fraction of sp³-hybridized carbons (Fsp3) is 0. The van der Waals surface area contributed by atoms with Crippen LogP contribution in [0.15, 0.2) is 54.6 Å². The van der Waals surface area contributed by atoms with Crippen molar-refractivity contribution in [3.05, 3.63) is 70.3 Å². The summed E-state index contributed by atoms with van der Waals surface area (Å²) in [6.07, 6.45) is 0. The summed E-state index contributed by atoms with van der Waals surface area (Å²) in [5.74, 6) is -0.962. The molecule has 0 saturated heterocycles. The molecule has 0 aliphatic heterocycles. The third kappa shape index (κ3) is 1.95. The molecule has 0 heterocycles. The molecule has 5 heteroatoms. The number of carbonyl (C=O) groups is 1. The summed E-state index contributed by atoms with van der Waals surface area (Å²) in [4.78, 5) is 26.1. The first-order valence-corrected chi connectivity index (χ1v) is 5.94. The summed E-state index contributed by atoms with van der Waals surface area (Å²) in [5, 5.41) is 12.7. The first-order chi connectivity index (χ1) is 9.66. The standard InChI is InChI=1S/C15H9NO4/c17-15(20-16(18)19)14-7-3-6-12-11-5-2-1-4-10(11)8-9-13(12)14/h1-9H. The highest BCUT2D eigenvalue weighted by molar-refractivity contribution is 6.13. The molecule has 0 spiro atoms. The first-order valence-electron chi connectivity index (χ1n) is 5.94. The molecule has 0 aromatic heterocycles.